The smallest absolute Gasteiger partial charge is 0.116 e. The van der Waals surface area contributed by atoms with Gasteiger partial charge in [-0.3, -0.25) is 10.2 Å². The van der Waals surface area contributed by atoms with Crippen LogP contribution in [0.1, 0.15) is 47.5 Å². The third kappa shape index (κ3) is 5.48. The van der Waals surface area contributed by atoms with E-state index in [1.165, 1.54) is 0 Å². The van der Waals surface area contributed by atoms with Crippen LogP contribution in [-0.4, -0.2) is 36.1 Å². The fourth-order valence-electron chi connectivity index (χ4n) is 1.74. The standard InChI is InChI=1S/C13H27N3/c1-6-8-15-13(5,10-14)11-16(9-7-2)12(3)4/h12,15H,6-9,11H2,1-5H3. The van der Waals surface area contributed by atoms with Crippen molar-refractivity contribution in [3.05, 3.63) is 0 Å². The Hall–Kier alpha value is -0.590. The van der Waals surface area contributed by atoms with Crippen LogP contribution in [0.4, 0.5) is 0 Å². The van der Waals surface area contributed by atoms with Gasteiger partial charge in [-0.15, -0.1) is 0 Å². The van der Waals surface area contributed by atoms with Crippen molar-refractivity contribution in [3.8, 4) is 6.07 Å². The van der Waals surface area contributed by atoms with Crippen molar-refractivity contribution in [2.24, 2.45) is 0 Å². The molecule has 94 valence electrons. The number of nitrogens with one attached hydrogen (secondary N) is 1. The molecule has 1 atom stereocenters. The molecule has 0 aromatic carbocycles. The largest absolute Gasteiger partial charge is 0.299 e. The topological polar surface area (TPSA) is 39.1 Å². The van der Waals surface area contributed by atoms with Crippen molar-refractivity contribution < 1.29 is 0 Å². The first-order valence-electron chi connectivity index (χ1n) is 6.39. The summed E-state index contributed by atoms with van der Waals surface area (Å²) in [5.74, 6) is 0. The second-order valence-corrected chi connectivity index (χ2v) is 4.93. The highest BCUT2D eigenvalue weighted by Crippen LogP contribution is 2.09. The quantitative estimate of drug-likeness (QED) is 0.689. The minimum absolute atomic E-state index is 0.421. The zero-order valence-corrected chi connectivity index (χ0v) is 11.5. The molecule has 0 rings (SSSR count). The maximum absolute atomic E-state index is 9.27. The lowest BCUT2D eigenvalue weighted by Crippen LogP contribution is -2.52. The normalized spacial score (nSPS) is 15.1. The van der Waals surface area contributed by atoms with Gasteiger partial charge < -0.3 is 0 Å². The lowest BCUT2D eigenvalue weighted by Gasteiger charge is -2.33. The van der Waals surface area contributed by atoms with Crippen molar-refractivity contribution in [3.63, 3.8) is 0 Å². The van der Waals surface area contributed by atoms with Crippen molar-refractivity contribution in [1.29, 1.82) is 5.26 Å². The first-order chi connectivity index (χ1) is 7.49. The summed E-state index contributed by atoms with van der Waals surface area (Å²) < 4.78 is 0. The third-order valence-corrected chi connectivity index (χ3v) is 2.77. The lowest BCUT2D eigenvalue weighted by molar-refractivity contribution is 0.180. The van der Waals surface area contributed by atoms with E-state index in [0.29, 0.717) is 6.04 Å². The predicted octanol–water partition coefficient (Wildman–Crippen LogP) is 2.39. The van der Waals surface area contributed by atoms with Crippen LogP contribution >= 0.6 is 0 Å². The Bertz CT molecular complexity index is 220. The van der Waals surface area contributed by atoms with Gasteiger partial charge in [-0.2, -0.15) is 5.26 Å². The van der Waals surface area contributed by atoms with E-state index < -0.39 is 5.54 Å². The number of hydrogen-bond donors (Lipinski definition) is 1. The molecule has 1 N–H and O–H groups in total. The number of rotatable bonds is 8. The number of nitrogens with zero attached hydrogens (tertiary/aromatic N) is 2. The fourth-order valence-corrected chi connectivity index (χ4v) is 1.74. The summed E-state index contributed by atoms with van der Waals surface area (Å²) in [6, 6.07) is 2.90. The van der Waals surface area contributed by atoms with Crippen molar-refractivity contribution >= 4 is 0 Å². The van der Waals surface area contributed by atoms with E-state index in [1.807, 2.05) is 6.92 Å². The first-order valence-corrected chi connectivity index (χ1v) is 6.39. The van der Waals surface area contributed by atoms with Crippen molar-refractivity contribution in [1.82, 2.24) is 10.2 Å². The fraction of sp³-hybridized carbons (Fsp3) is 0.923. The summed E-state index contributed by atoms with van der Waals surface area (Å²) in [6.45, 7) is 13.4. The predicted molar refractivity (Wildman–Crippen MR) is 69.3 cm³/mol. The summed E-state index contributed by atoms with van der Waals surface area (Å²) in [6.07, 6.45) is 2.19. The molecular formula is C13H27N3. The van der Waals surface area contributed by atoms with Crippen LogP contribution < -0.4 is 5.32 Å². The van der Waals surface area contributed by atoms with E-state index in [0.717, 1.165) is 32.5 Å². The molecule has 0 aliphatic heterocycles. The van der Waals surface area contributed by atoms with E-state index in [2.05, 4.69) is 44.0 Å². The highest BCUT2D eigenvalue weighted by Gasteiger charge is 2.26. The van der Waals surface area contributed by atoms with Gasteiger partial charge in [-0.1, -0.05) is 13.8 Å². The zero-order valence-electron chi connectivity index (χ0n) is 11.5. The molecule has 0 radical (unpaired) electrons. The maximum Gasteiger partial charge on any atom is 0.116 e. The van der Waals surface area contributed by atoms with Crippen LogP contribution in [-0.2, 0) is 0 Å². The molecule has 3 heteroatoms. The van der Waals surface area contributed by atoms with Crippen LogP contribution in [0.25, 0.3) is 0 Å². The van der Waals surface area contributed by atoms with Crippen LogP contribution in [0.15, 0.2) is 0 Å². The van der Waals surface area contributed by atoms with Gasteiger partial charge >= 0.3 is 0 Å². The monoisotopic (exact) mass is 225 g/mol. The van der Waals surface area contributed by atoms with Crippen molar-refractivity contribution in [2.75, 3.05) is 19.6 Å². The van der Waals surface area contributed by atoms with Crippen LogP contribution in [0, 0.1) is 11.3 Å². The Morgan fingerprint density at radius 2 is 1.94 bits per heavy atom. The number of nitriles is 1. The van der Waals surface area contributed by atoms with Gasteiger partial charge in [0.2, 0.25) is 0 Å². The van der Waals surface area contributed by atoms with Crippen LogP contribution in [0.2, 0.25) is 0 Å². The van der Waals surface area contributed by atoms with E-state index in [4.69, 9.17) is 0 Å². The molecule has 0 fully saturated rings. The molecule has 0 spiro atoms. The lowest BCUT2D eigenvalue weighted by atomic mass is 10.0. The highest BCUT2D eigenvalue weighted by atomic mass is 15.2. The summed E-state index contributed by atoms with van der Waals surface area (Å²) in [7, 11) is 0. The van der Waals surface area contributed by atoms with Gasteiger partial charge in [0, 0.05) is 12.6 Å². The molecule has 0 saturated carbocycles. The molecule has 0 aliphatic carbocycles. The third-order valence-electron chi connectivity index (χ3n) is 2.77. The van der Waals surface area contributed by atoms with Gasteiger partial charge in [-0.05, 0) is 46.7 Å². The maximum atomic E-state index is 9.27. The average molecular weight is 225 g/mol. The zero-order chi connectivity index (χ0) is 12.6. The van der Waals surface area contributed by atoms with Gasteiger partial charge in [0.1, 0.15) is 5.54 Å². The van der Waals surface area contributed by atoms with Gasteiger partial charge in [-0.25, -0.2) is 0 Å². The van der Waals surface area contributed by atoms with Gasteiger partial charge in [0.25, 0.3) is 0 Å². The molecule has 0 heterocycles. The van der Waals surface area contributed by atoms with Crippen LogP contribution in [0.3, 0.4) is 0 Å². The second kappa shape index (κ2) is 7.65. The van der Waals surface area contributed by atoms with E-state index >= 15 is 0 Å². The van der Waals surface area contributed by atoms with E-state index in [9.17, 15) is 5.26 Å². The van der Waals surface area contributed by atoms with E-state index in [1.54, 1.807) is 0 Å². The molecule has 0 amide bonds. The first kappa shape index (κ1) is 15.4. The Labute approximate surface area is 101 Å². The summed E-state index contributed by atoms with van der Waals surface area (Å²) in [5, 5.41) is 12.6. The highest BCUT2D eigenvalue weighted by molar-refractivity contribution is 5.05. The Kier molecular flexibility index (Phi) is 7.36. The molecule has 3 nitrogen and oxygen atoms in total. The average Bonchev–Trinajstić information content (AvgIpc) is 2.26. The minimum atomic E-state index is -0.421. The summed E-state index contributed by atoms with van der Waals surface area (Å²) >= 11 is 0. The van der Waals surface area contributed by atoms with Crippen molar-refractivity contribution in [2.45, 2.75) is 59.0 Å². The Morgan fingerprint density at radius 3 is 2.31 bits per heavy atom. The molecular weight excluding hydrogens is 198 g/mol. The second-order valence-electron chi connectivity index (χ2n) is 4.93. The molecule has 0 saturated heterocycles. The molecule has 0 aromatic rings. The summed E-state index contributed by atoms with van der Waals surface area (Å²) in [4.78, 5) is 2.37. The molecule has 1 unspecified atom stereocenters. The van der Waals surface area contributed by atoms with E-state index in [-0.39, 0.29) is 0 Å². The van der Waals surface area contributed by atoms with Crippen LogP contribution in [0.5, 0.6) is 0 Å². The molecule has 16 heavy (non-hydrogen) atoms. The van der Waals surface area contributed by atoms with Gasteiger partial charge in [0.05, 0.1) is 6.07 Å². The number of hydrogen-bond acceptors (Lipinski definition) is 3. The Balaban J connectivity index is 4.41. The molecule has 0 aromatic heterocycles. The molecule has 0 aliphatic rings. The Morgan fingerprint density at radius 1 is 1.31 bits per heavy atom. The minimum Gasteiger partial charge on any atom is -0.299 e. The molecule has 0 bridgehead atoms. The SMILES string of the molecule is CCCNC(C)(C#N)CN(CCC)C(C)C. The van der Waals surface area contributed by atoms with Gasteiger partial charge in [0.15, 0.2) is 0 Å². The summed E-state index contributed by atoms with van der Waals surface area (Å²) in [5.41, 5.74) is -0.421.